The summed E-state index contributed by atoms with van der Waals surface area (Å²) in [4.78, 5) is 44.8. The number of methoxy groups -OCH3 is 2. The van der Waals surface area contributed by atoms with E-state index in [2.05, 4.69) is 5.32 Å². The largest absolute Gasteiger partial charge is 0.497 e. The highest BCUT2D eigenvalue weighted by atomic mass is 35.5. The van der Waals surface area contributed by atoms with E-state index in [-0.39, 0.29) is 5.91 Å². The number of halogens is 1. The van der Waals surface area contributed by atoms with Crippen LogP contribution in [0.25, 0.3) is 6.08 Å². The lowest BCUT2D eigenvalue weighted by Crippen LogP contribution is -2.46. The summed E-state index contributed by atoms with van der Waals surface area (Å²) in [5.74, 6) is -1.77. The number of carbonyl (C=O) groups is 3. The van der Waals surface area contributed by atoms with Gasteiger partial charge in [0.25, 0.3) is 0 Å². The Labute approximate surface area is 224 Å². The van der Waals surface area contributed by atoms with Gasteiger partial charge in [-0.1, -0.05) is 35.9 Å². The molecule has 9 heteroatoms. The second-order valence-corrected chi connectivity index (χ2v) is 9.81. The summed E-state index contributed by atoms with van der Waals surface area (Å²) < 4.78 is 10.6. The molecule has 8 nitrogen and oxygen atoms in total. The van der Waals surface area contributed by atoms with Crippen LogP contribution in [-0.2, 0) is 14.4 Å². The third-order valence-corrected chi connectivity index (χ3v) is 7.72. The van der Waals surface area contributed by atoms with Crippen molar-refractivity contribution in [2.24, 2.45) is 11.8 Å². The minimum atomic E-state index is -0.932. The molecule has 6 rings (SSSR count). The fourth-order valence-electron chi connectivity index (χ4n) is 5.83. The molecule has 0 aromatic heterocycles. The van der Waals surface area contributed by atoms with Gasteiger partial charge in [0, 0.05) is 11.2 Å². The van der Waals surface area contributed by atoms with Crippen LogP contribution >= 0.6 is 11.6 Å². The van der Waals surface area contributed by atoms with Crippen molar-refractivity contribution in [2.75, 3.05) is 24.4 Å². The maximum atomic E-state index is 13.9. The normalized spacial score (nSPS) is 23.1. The Balaban J connectivity index is 1.43. The Morgan fingerprint density at radius 3 is 2.39 bits per heavy atom. The Hall–Kier alpha value is -4.30. The second-order valence-electron chi connectivity index (χ2n) is 9.38. The van der Waals surface area contributed by atoms with Crippen molar-refractivity contribution in [1.82, 2.24) is 4.90 Å². The van der Waals surface area contributed by atoms with Crippen molar-refractivity contribution in [3.05, 3.63) is 89.1 Å². The third-order valence-electron chi connectivity index (χ3n) is 7.48. The van der Waals surface area contributed by atoms with Crippen LogP contribution < -0.4 is 19.7 Å². The summed E-state index contributed by atoms with van der Waals surface area (Å²) in [5.41, 5.74) is 2.68. The summed E-state index contributed by atoms with van der Waals surface area (Å²) in [5, 5.41) is 3.32. The summed E-state index contributed by atoms with van der Waals surface area (Å²) in [7, 11) is 3.04. The SMILES string of the molecule is COc1ccc(N2C(=O)C3C(C2=O)C2c4ccccc4C=CN2C3C(=O)Nc2cc(Cl)ccc2OC)cc1. The molecule has 4 unspecified atom stereocenters. The Morgan fingerprint density at radius 2 is 1.66 bits per heavy atom. The number of anilines is 2. The van der Waals surface area contributed by atoms with E-state index in [0.717, 1.165) is 11.1 Å². The lowest BCUT2D eigenvalue weighted by Gasteiger charge is -2.35. The quantitative estimate of drug-likeness (QED) is 0.489. The molecule has 3 aliphatic rings. The highest BCUT2D eigenvalue weighted by Crippen LogP contribution is 2.53. The fraction of sp³-hybridized carbons (Fsp3) is 0.207. The van der Waals surface area contributed by atoms with Gasteiger partial charge in [0.1, 0.15) is 17.5 Å². The number of nitrogens with one attached hydrogen (secondary N) is 1. The molecule has 3 amide bonds. The molecule has 1 N–H and O–H groups in total. The van der Waals surface area contributed by atoms with Crippen molar-refractivity contribution in [3.8, 4) is 11.5 Å². The van der Waals surface area contributed by atoms with Gasteiger partial charge in [0.15, 0.2) is 0 Å². The molecule has 0 aliphatic carbocycles. The Kier molecular flexibility index (Phi) is 5.84. The first-order valence-electron chi connectivity index (χ1n) is 12.1. The van der Waals surface area contributed by atoms with Crippen LogP contribution in [0.15, 0.2) is 72.9 Å². The predicted octanol–water partition coefficient (Wildman–Crippen LogP) is 4.51. The van der Waals surface area contributed by atoms with Gasteiger partial charge in [-0.25, -0.2) is 4.90 Å². The zero-order valence-electron chi connectivity index (χ0n) is 20.6. The van der Waals surface area contributed by atoms with Crippen LogP contribution in [-0.4, -0.2) is 42.9 Å². The van der Waals surface area contributed by atoms with Crippen LogP contribution in [0.1, 0.15) is 17.2 Å². The van der Waals surface area contributed by atoms with Crippen molar-refractivity contribution in [2.45, 2.75) is 12.1 Å². The van der Waals surface area contributed by atoms with E-state index in [4.69, 9.17) is 21.1 Å². The summed E-state index contributed by atoms with van der Waals surface area (Å²) in [6.07, 6.45) is 3.71. The molecule has 2 saturated heterocycles. The highest BCUT2D eigenvalue weighted by Gasteiger charge is 2.64. The van der Waals surface area contributed by atoms with E-state index < -0.39 is 35.7 Å². The van der Waals surface area contributed by atoms with E-state index in [1.54, 1.807) is 49.6 Å². The van der Waals surface area contributed by atoms with Crippen LogP contribution in [0.3, 0.4) is 0 Å². The van der Waals surface area contributed by atoms with Crippen molar-refractivity contribution < 1.29 is 23.9 Å². The second kappa shape index (κ2) is 9.22. The molecule has 3 aliphatic heterocycles. The Bertz CT molecular complexity index is 1490. The number of rotatable bonds is 5. The van der Waals surface area contributed by atoms with Gasteiger partial charge in [-0.15, -0.1) is 0 Å². The number of nitrogens with zero attached hydrogens (tertiary/aromatic N) is 2. The molecule has 0 radical (unpaired) electrons. The van der Waals surface area contributed by atoms with Crippen molar-refractivity contribution in [1.29, 1.82) is 0 Å². The number of hydrogen-bond donors (Lipinski definition) is 1. The lowest BCUT2D eigenvalue weighted by atomic mass is 9.84. The molecule has 3 heterocycles. The van der Waals surface area contributed by atoms with E-state index in [0.29, 0.717) is 27.9 Å². The maximum absolute atomic E-state index is 13.9. The molecule has 192 valence electrons. The fourth-order valence-corrected chi connectivity index (χ4v) is 6.00. The standard InChI is InChI=1S/C29H24ClN3O5/c1-37-19-10-8-18(9-11-19)33-28(35)23-24(29(33)36)26(27(34)31-21-15-17(30)7-12-22(21)38-2)32-14-13-16-5-3-4-6-20(16)25(23)32/h3-15,23-26H,1-2H3,(H,31,34). The average Bonchev–Trinajstić information content (AvgIpc) is 3.41. The molecular formula is C29H24ClN3O5. The van der Waals surface area contributed by atoms with Gasteiger partial charge in [0.05, 0.1) is 43.5 Å². The van der Waals surface area contributed by atoms with E-state index in [9.17, 15) is 14.4 Å². The van der Waals surface area contributed by atoms with Gasteiger partial charge < -0.3 is 19.7 Å². The van der Waals surface area contributed by atoms with Crippen LogP contribution in [0.5, 0.6) is 11.5 Å². The first-order valence-corrected chi connectivity index (χ1v) is 12.5. The zero-order valence-corrected chi connectivity index (χ0v) is 21.4. The van der Waals surface area contributed by atoms with E-state index >= 15 is 0 Å². The molecule has 4 atom stereocenters. The summed E-state index contributed by atoms with van der Waals surface area (Å²) >= 11 is 6.18. The lowest BCUT2D eigenvalue weighted by molar-refractivity contribution is -0.128. The topological polar surface area (TPSA) is 88.2 Å². The number of carbonyl (C=O) groups excluding carboxylic acids is 3. The van der Waals surface area contributed by atoms with Gasteiger partial charge in [0.2, 0.25) is 17.7 Å². The van der Waals surface area contributed by atoms with Gasteiger partial charge in [-0.3, -0.25) is 14.4 Å². The predicted molar refractivity (Wildman–Crippen MR) is 143 cm³/mol. The molecule has 0 bridgehead atoms. The molecule has 3 aromatic rings. The maximum Gasteiger partial charge on any atom is 0.248 e. The van der Waals surface area contributed by atoms with Gasteiger partial charge >= 0.3 is 0 Å². The number of ether oxygens (including phenoxy) is 2. The summed E-state index contributed by atoms with van der Waals surface area (Å²) in [6.45, 7) is 0. The molecule has 0 spiro atoms. The van der Waals surface area contributed by atoms with Crippen molar-refractivity contribution >= 4 is 46.8 Å². The highest BCUT2D eigenvalue weighted by molar-refractivity contribution is 6.31. The van der Waals surface area contributed by atoms with Gasteiger partial charge in [-0.05, 0) is 59.7 Å². The minimum Gasteiger partial charge on any atom is -0.497 e. The molecular weight excluding hydrogens is 506 g/mol. The van der Waals surface area contributed by atoms with E-state index in [1.807, 2.05) is 41.4 Å². The molecule has 2 fully saturated rings. The summed E-state index contributed by atoms with van der Waals surface area (Å²) in [6, 6.07) is 18.0. The number of imide groups is 1. The number of amides is 3. The van der Waals surface area contributed by atoms with Crippen LogP contribution in [0, 0.1) is 11.8 Å². The van der Waals surface area contributed by atoms with Crippen LogP contribution in [0.2, 0.25) is 5.02 Å². The number of hydrogen-bond acceptors (Lipinski definition) is 6. The number of fused-ring (bicyclic) bond motifs is 5. The first kappa shape index (κ1) is 24.1. The average molecular weight is 530 g/mol. The molecule has 38 heavy (non-hydrogen) atoms. The van der Waals surface area contributed by atoms with Crippen molar-refractivity contribution in [3.63, 3.8) is 0 Å². The number of benzene rings is 3. The smallest absolute Gasteiger partial charge is 0.248 e. The molecule has 3 aromatic carbocycles. The molecule has 0 saturated carbocycles. The first-order chi connectivity index (χ1) is 18.4. The Morgan fingerprint density at radius 1 is 0.921 bits per heavy atom. The van der Waals surface area contributed by atoms with Crippen LogP contribution in [0.4, 0.5) is 11.4 Å². The van der Waals surface area contributed by atoms with E-state index in [1.165, 1.54) is 12.0 Å². The zero-order chi connectivity index (χ0) is 26.6. The minimum absolute atomic E-state index is 0.332. The third kappa shape index (κ3) is 3.63. The van der Waals surface area contributed by atoms with Gasteiger partial charge in [-0.2, -0.15) is 0 Å². The monoisotopic (exact) mass is 529 g/mol.